The van der Waals surface area contributed by atoms with Crippen LogP contribution in [0.1, 0.15) is 58.8 Å². The van der Waals surface area contributed by atoms with Gasteiger partial charge in [0.25, 0.3) is 0 Å². The minimum Gasteiger partial charge on any atom is -0.462 e. The fourth-order valence-corrected chi connectivity index (χ4v) is 6.93. The molecule has 4 bridgehead atoms. The zero-order valence-corrected chi connectivity index (χ0v) is 15.1. The van der Waals surface area contributed by atoms with Crippen molar-refractivity contribution in [3.8, 4) is 0 Å². The number of amides is 1. The number of hydrogen-bond donors (Lipinski definition) is 1. The van der Waals surface area contributed by atoms with Gasteiger partial charge in [0.15, 0.2) is 0 Å². The van der Waals surface area contributed by atoms with E-state index in [1.165, 1.54) is 32.1 Å². The average molecular weight is 372 g/mol. The van der Waals surface area contributed by atoms with Crippen LogP contribution in [0.2, 0.25) is 0 Å². The van der Waals surface area contributed by atoms with E-state index in [4.69, 9.17) is 4.74 Å². The highest BCUT2D eigenvalue weighted by Gasteiger charge is 2.57. The Morgan fingerprint density at radius 1 is 1.23 bits per heavy atom. The Hall–Kier alpha value is -0.580. The molecule has 0 aromatic heterocycles. The first-order valence-electron chi connectivity index (χ1n) is 8.43. The second kappa shape index (κ2) is 5.81. The molecule has 0 saturated heterocycles. The van der Waals surface area contributed by atoms with Crippen molar-refractivity contribution < 1.29 is 14.3 Å². The summed E-state index contributed by atoms with van der Waals surface area (Å²) in [6.45, 7) is 3.61. The first-order valence-corrected chi connectivity index (χ1v) is 9.22. The highest BCUT2D eigenvalue weighted by Crippen LogP contribution is 2.65. The van der Waals surface area contributed by atoms with E-state index in [1.807, 2.05) is 13.8 Å². The van der Waals surface area contributed by atoms with Crippen molar-refractivity contribution in [2.24, 2.45) is 17.3 Å². The molecule has 4 saturated carbocycles. The molecule has 0 spiro atoms. The topological polar surface area (TPSA) is 55.4 Å². The molecule has 4 aliphatic carbocycles. The van der Waals surface area contributed by atoms with Crippen LogP contribution in [0.3, 0.4) is 0 Å². The Morgan fingerprint density at radius 3 is 2.41 bits per heavy atom. The van der Waals surface area contributed by atoms with Crippen LogP contribution in [0.5, 0.6) is 0 Å². The summed E-state index contributed by atoms with van der Waals surface area (Å²) in [4.78, 5) is 23.8. The maximum atomic E-state index is 12.3. The first-order chi connectivity index (χ1) is 10.3. The zero-order valence-electron chi connectivity index (χ0n) is 13.5. The van der Waals surface area contributed by atoms with Crippen molar-refractivity contribution in [3.05, 3.63) is 0 Å². The number of hydrogen-bond acceptors (Lipinski definition) is 3. The van der Waals surface area contributed by atoms with Gasteiger partial charge in [-0.15, -0.1) is 0 Å². The Morgan fingerprint density at radius 2 is 1.86 bits per heavy atom. The Balaban J connectivity index is 1.54. The van der Waals surface area contributed by atoms with Gasteiger partial charge in [0.05, 0.1) is 6.10 Å². The van der Waals surface area contributed by atoms with Crippen molar-refractivity contribution in [3.63, 3.8) is 0 Å². The molecule has 4 rings (SSSR count). The van der Waals surface area contributed by atoms with Gasteiger partial charge in [-0.1, -0.05) is 15.9 Å². The second-order valence-corrected chi connectivity index (χ2v) is 9.79. The van der Waals surface area contributed by atoms with E-state index < -0.39 is 0 Å². The minimum absolute atomic E-state index is 0.00115. The average Bonchev–Trinajstić information content (AvgIpc) is 2.31. The van der Waals surface area contributed by atoms with Crippen LogP contribution in [0.15, 0.2) is 0 Å². The molecule has 2 unspecified atom stereocenters. The van der Waals surface area contributed by atoms with Crippen LogP contribution < -0.4 is 5.32 Å². The van der Waals surface area contributed by atoms with Gasteiger partial charge in [0, 0.05) is 10.7 Å². The molecule has 124 valence electrons. The molecule has 1 amide bonds. The van der Waals surface area contributed by atoms with Crippen molar-refractivity contribution in [1.29, 1.82) is 0 Å². The van der Waals surface area contributed by atoms with E-state index in [-0.39, 0.29) is 34.3 Å². The third-order valence-electron chi connectivity index (χ3n) is 5.44. The number of esters is 1. The van der Waals surface area contributed by atoms with Crippen molar-refractivity contribution in [2.75, 3.05) is 6.54 Å². The maximum absolute atomic E-state index is 12.3. The zero-order chi connectivity index (χ0) is 16.0. The van der Waals surface area contributed by atoms with E-state index in [0.717, 1.165) is 18.3 Å². The van der Waals surface area contributed by atoms with Gasteiger partial charge in [-0.05, 0) is 69.6 Å². The van der Waals surface area contributed by atoms with Gasteiger partial charge in [0.1, 0.15) is 6.54 Å². The monoisotopic (exact) mass is 371 g/mol. The summed E-state index contributed by atoms with van der Waals surface area (Å²) in [5.41, 5.74) is 0.152. The van der Waals surface area contributed by atoms with Crippen LogP contribution in [-0.2, 0) is 14.3 Å². The Bertz CT molecular complexity index is 463. The predicted molar refractivity (Wildman–Crippen MR) is 87.6 cm³/mol. The fraction of sp³-hybridized carbons (Fsp3) is 0.882. The van der Waals surface area contributed by atoms with Crippen LogP contribution >= 0.6 is 15.9 Å². The van der Waals surface area contributed by atoms with E-state index in [2.05, 4.69) is 21.2 Å². The number of carbonyl (C=O) groups excluding carboxylic acids is 2. The molecule has 0 aromatic rings. The van der Waals surface area contributed by atoms with Crippen LogP contribution in [-0.4, -0.2) is 28.8 Å². The summed E-state index contributed by atoms with van der Waals surface area (Å²) in [5.74, 6) is 1.20. The van der Waals surface area contributed by atoms with E-state index >= 15 is 0 Å². The third kappa shape index (κ3) is 3.50. The van der Waals surface area contributed by atoms with E-state index in [0.29, 0.717) is 6.42 Å². The lowest BCUT2D eigenvalue weighted by Crippen LogP contribution is -2.54. The lowest BCUT2D eigenvalue weighted by molar-refractivity contribution is -0.148. The molecule has 1 N–H and O–H groups in total. The number of rotatable bonds is 5. The first kappa shape index (κ1) is 16.3. The molecule has 0 aliphatic heterocycles. The summed E-state index contributed by atoms with van der Waals surface area (Å²) in [6.07, 6.45) is 7.78. The Kier molecular flexibility index (Phi) is 4.30. The van der Waals surface area contributed by atoms with Crippen molar-refractivity contribution >= 4 is 27.8 Å². The second-order valence-electron chi connectivity index (χ2n) is 8.10. The van der Waals surface area contributed by atoms with E-state index in [1.54, 1.807) is 0 Å². The molecule has 2 atom stereocenters. The van der Waals surface area contributed by atoms with Crippen molar-refractivity contribution in [2.45, 2.75) is 69.2 Å². The highest BCUT2D eigenvalue weighted by molar-refractivity contribution is 9.10. The molecule has 22 heavy (non-hydrogen) atoms. The molecular formula is C17H26BrNO3. The normalized spacial score (nSPS) is 39.1. The molecule has 4 fully saturated rings. The SMILES string of the molecule is CC(C)OC(=O)CNC(=O)CC12CC3CC(CC(Br)(C3)C1)C2. The molecule has 0 aromatic carbocycles. The van der Waals surface area contributed by atoms with Gasteiger partial charge in [-0.3, -0.25) is 9.59 Å². The quantitative estimate of drug-likeness (QED) is 0.596. The number of alkyl halides is 1. The van der Waals surface area contributed by atoms with Gasteiger partial charge < -0.3 is 10.1 Å². The molecule has 4 aliphatic rings. The summed E-state index contributed by atoms with van der Waals surface area (Å²) in [5, 5.41) is 2.75. The van der Waals surface area contributed by atoms with E-state index in [9.17, 15) is 9.59 Å². The van der Waals surface area contributed by atoms with Gasteiger partial charge in [-0.25, -0.2) is 0 Å². The van der Waals surface area contributed by atoms with Gasteiger partial charge in [0.2, 0.25) is 5.91 Å². The van der Waals surface area contributed by atoms with Crippen molar-refractivity contribution in [1.82, 2.24) is 5.32 Å². The number of carbonyl (C=O) groups is 2. The number of nitrogens with one attached hydrogen (secondary N) is 1. The highest BCUT2D eigenvalue weighted by atomic mass is 79.9. The molecule has 0 radical (unpaired) electrons. The summed E-state index contributed by atoms with van der Waals surface area (Å²) in [6, 6.07) is 0. The smallest absolute Gasteiger partial charge is 0.325 e. The fourth-order valence-electron chi connectivity index (χ4n) is 5.42. The molecule has 0 heterocycles. The van der Waals surface area contributed by atoms with Crippen LogP contribution in [0.25, 0.3) is 0 Å². The molecule has 4 nitrogen and oxygen atoms in total. The number of ether oxygens (including phenoxy) is 1. The van der Waals surface area contributed by atoms with Crippen LogP contribution in [0.4, 0.5) is 0 Å². The third-order valence-corrected chi connectivity index (χ3v) is 6.37. The van der Waals surface area contributed by atoms with Gasteiger partial charge in [-0.2, -0.15) is 0 Å². The van der Waals surface area contributed by atoms with Gasteiger partial charge >= 0.3 is 5.97 Å². The molecular weight excluding hydrogens is 346 g/mol. The lowest BCUT2D eigenvalue weighted by Gasteiger charge is -2.60. The minimum atomic E-state index is -0.356. The Labute approximate surface area is 140 Å². The standard InChI is InChI=1S/C17H26BrNO3/c1-11(2)22-15(21)9-19-14(20)8-16-4-12-3-13(5-16)7-17(18,6-12)10-16/h11-13H,3-10H2,1-2H3,(H,19,20). The predicted octanol–water partition coefficient (Wildman–Crippen LogP) is 3.18. The van der Waals surface area contributed by atoms with Crippen LogP contribution in [0, 0.1) is 17.3 Å². The summed E-state index contributed by atoms with van der Waals surface area (Å²) >= 11 is 3.97. The lowest BCUT2D eigenvalue weighted by atomic mass is 9.48. The number of halogens is 1. The summed E-state index contributed by atoms with van der Waals surface area (Å²) < 4.78 is 5.32. The molecule has 5 heteroatoms. The summed E-state index contributed by atoms with van der Waals surface area (Å²) in [7, 11) is 0. The largest absolute Gasteiger partial charge is 0.462 e. The maximum Gasteiger partial charge on any atom is 0.325 e.